The zero-order chi connectivity index (χ0) is 26.1. The van der Waals surface area contributed by atoms with Gasteiger partial charge < -0.3 is 9.84 Å². The van der Waals surface area contributed by atoms with Crippen molar-refractivity contribution in [3.63, 3.8) is 0 Å². The number of nitrogens with zero attached hydrogens (tertiary/aromatic N) is 1. The van der Waals surface area contributed by atoms with Crippen LogP contribution in [-0.2, 0) is 25.5 Å². The first-order valence-electron chi connectivity index (χ1n) is 11.9. The van der Waals surface area contributed by atoms with Gasteiger partial charge in [-0.1, -0.05) is 78.4 Å². The third-order valence-electron chi connectivity index (χ3n) is 6.62. The Morgan fingerprint density at radius 1 is 0.892 bits per heavy atom. The van der Waals surface area contributed by atoms with Crippen LogP contribution in [-0.4, -0.2) is 29.9 Å². The number of aryl methyl sites for hydroxylation is 1. The molecule has 37 heavy (non-hydrogen) atoms. The fraction of sp³-hybridized carbons (Fsp3) is 0.129. The highest BCUT2D eigenvalue weighted by molar-refractivity contribution is 6.51. The van der Waals surface area contributed by atoms with Crippen molar-refractivity contribution in [2.45, 2.75) is 19.4 Å². The van der Waals surface area contributed by atoms with Crippen molar-refractivity contribution in [3.8, 4) is 0 Å². The Morgan fingerprint density at radius 2 is 1.62 bits per heavy atom. The van der Waals surface area contributed by atoms with E-state index in [-0.39, 0.29) is 23.7 Å². The Bertz CT molecular complexity index is 1570. The molecule has 1 fully saturated rings. The molecule has 0 bridgehead atoms. The van der Waals surface area contributed by atoms with Crippen LogP contribution >= 0.6 is 0 Å². The summed E-state index contributed by atoms with van der Waals surface area (Å²) in [5.41, 5.74) is 3.37. The predicted molar refractivity (Wildman–Crippen MR) is 142 cm³/mol. The number of methoxy groups -OCH3 is 1. The first kappa shape index (κ1) is 24.0. The number of hydrogen-bond donors (Lipinski definition) is 1. The number of carbonyl (C=O) groups is 3. The largest absolute Gasteiger partial charge is 0.507 e. The number of amides is 1. The Kier molecular flexibility index (Phi) is 6.32. The van der Waals surface area contributed by atoms with Gasteiger partial charge >= 0.3 is 5.97 Å². The normalized spacial score (nSPS) is 16.8. The predicted octanol–water partition coefficient (Wildman–Crippen LogP) is 5.49. The van der Waals surface area contributed by atoms with Crippen LogP contribution in [0.4, 0.5) is 5.69 Å². The highest BCUT2D eigenvalue weighted by Crippen LogP contribution is 2.42. The summed E-state index contributed by atoms with van der Waals surface area (Å²) in [6.45, 7) is 1.93. The quantitative estimate of drug-likeness (QED) is 0.173. The zero-order valence-corrected chi connectivity index (χ0v) is 20.5. The van der Waals surface area contributed by atoms with Crippen molar-refractivity contribution in [1.82, 2.24) is 0 Å². The number of ketones is 1. The standard InChI is InChI=1S/C31H25NO5/c1-19-6-5-9-23(16-19)28-27(29(34)24-13-12-21-7-3-4-8-22(21)18-24)30(35)31(36)32(28)25-14-10-20(11-15-25)17-26(33)37-2/h3-16,18,28,34H,17H2,1-2H3/b29-27-. The van der Waals surface area contributed by atoms with E-state index >= 15 is 0 Å². The fourth-order valence-electron chi connectivity index (χ4n) is 4.76. The lowest BCUT2D eigenvalue weighted by Crippen LogP contribution is -2.29. The molecular formula is C31H25NO5. The number of benzene rings is 4. The molecule has 1 unspecified atom stereocenters. The third-order valence-corrected chi connectivity index (χ3v) is 6.62. The minimum atomic E-state index is -0.821. The number of ether oxygens (including phenoxy) is 1. The third kappa shape index (κ3) is 4.49. The highest BCUT2D eigenvalue weighted by Gasteiger charge is 2.47. The van der Waals surface area contributed by atoms with E-state index in [2.05, 4.69) is 0 Å². The minimum absolute atomic E-state index is 0.0320. The first-order valence-corrected chi connectivity index (χ1v) is 11.9. The minimum Gasteiger partial charge on any atom is -0.507 e. The molecule has 6 nitrogen and oxygen atoms in total. The number of Topliss-reactive ketones (excluding diaryl/α,β-unsaturated/α-hetero) is 1. The molecule has 0 aromatic heterocycles. The molecule has 6 heteroatoms. The molecule has 0 spiro atoms. The molecule has 5 rings (SSSR count). The van der Waals surface area contributed by atoms with E-state index in [9.17, 15) is 19.5 Å². The zero-order valence-electron chi connectivity index (χ0n) is 20.5. The van der Waals surface area contributed by atoms with E-state index in [0.29, 0.717) is 16.8 Å². The van der Waals surface area contributed by atoms with E-state index in [4.69, 9.17) is 4.74 Å². The molecule has 184 valence electrons. The lowest BCUT2D eigenvalue weighted by molar-refractivity contribution is -0.139. The lowest BCUT2D eigenvalue weighted by atomic mass is 9.93. The summed E-state index contributed by atoms with van der Waals surface area (Å²) in [7, 11) is 1.33. The second kappa shape index (κ2) is 9.74. The Hall–Kier alpha value is -4.71. The number of carbonyl (C=O) groups excluding carboxylic acids is 3. The van der Waals surface area contributed by atoms with Crippen molar-refractivity contribution in [2.24, 2.45) is 0 Å². The summed E-state index contributed by atoms with van der Waals surface area (Å²) >= 11 is 0. The number of rotatable bonds is 5. The second-order valence-corrected chi connectivity index (χ2v) is 9.06. The van der Waals surface area contributed by atoms with Gasteiger partial charge in [0.15, 0.2) is 0 Å². The van der Waals surface area contributed by atoms with Crippen LogP contribution in [0.25, 0.3) is 16.5 Å². The van der Waals surface area contributed by atoms with E-state index in [0.717, 1.165) is 21.9 Å². The van der Waals surface area contributed by atoms with Crippen molar-refractivity contribution < 1.29 is 24.2 Å². The molecule has 1 heterocycles. The van der Waals surface area contributed by atoms with Gasteiger partial charge in [-0.15, -0.1) is 0 Å². The topological polar surface area (TPSA) is 83.9 Å². The SMILES string of the molecule is COC(=O)Cc1ccc(N2C(=O)C(=O)/C(=C(\O)c3ccc4ccccc4c3)C2c2cccc(C)c2)cc1. The summed E-state index contributed by atoms with van der Waals surface area (Å²) in [6.07, 6.45) is 0.0961. The summed E-state index contributed by atoms with van der Waals surface area (Å²) in [5, 5.41) is 13.3. The van der Waals surface area contributed by atoms with Crippen molar-refractivity contribution in [1.29, 1.82) is 0 Å². The van der Waals surface area contributed by atoms with E-state index in [1.807, 2.05) is 67.6 Å². The molecule has 1 N–H and O–H groups in total. The average Bonchev–Trinajstić information content (AvgIpc) is 3.18. The molecule has 1 atom stereocenters. The van der Waals surface area contributed by atoms with Gasteiger partial charge in [-0.3, -0.25) is 19.3 Å². The summed E-state index contributed by atoms with van der Waals surface area (Å²) in [4.78, 5) is 39.9. The summed E-state index contributed by atoms with van der Waals surface area (Å²) in [6, 6.07) is 26.7. The maximum Gasteiger partial charge on any atom is 0.309 e. The Labute approximate surface area is 214 Å². The molecule has 1 amide bonds. The summed E-state index contributed by atoms with van der Waals surface area (Å²) < 4.78 is 4.73. The molecule has 0 saturated carbocycles. The number of hydrogen-bond acceptors (Lipinski definition) is 5. The van der Waals surface area contributed by atoms with Crippen molar-refractivity contribution >= 4 is 39.9 Å². The highest BCUT2D eigenvalue weighted by atomic mass is 16.5. The lowest BCUT2D eigenvalue weighted by Gasteiger charge is -2.26. The molecule has 0 radical (unpaired) electrons. The van der Waals surface area contributed by atoms with E-state index in [1.165, 1.54) is 12.0 Å². The second-order valence-electron chi connectivity index (χ2n) is 9.06. The monoisotopic (exact) mass is 491 g/mol. The van der Waals surface area contributed by atoms with Gasteiger partial charge in [0, 0.05) is 11.3 Å². The average molecular weight is 492 g/mol. The smallest absolute Gasteiger partial charge is 0.309 e. The van der Waals surface area contributed by atoms with E-state index in [1.54, 1.807) is 30.3 Å². The Morgan fingerprint density at radius 3 is 2.32 bits per heavy atom. The molecule has 4 aromatic carbocycles. The first-order chi connectivity index (χ1) is 17.9. The van der Waals surface area contributed by atoms with E-state index < -0.39 is 17.7 Å². The van der Waals surface area contributed by atoms with Crippen LogP contribution in [0, 0.1) is 6.92 Å². The molecule has 4 aromatic rings. The molecule has 0 aliphatic carbocycles. The molecule has 1 aliphatic rings. The van der Waals surface area contributed by atoms with Gasteiger partial charge in [0.25, 0.3) is 11.7 Å². The van der Waals surface area contributed by atoms with Crippen LogP contribution in [0.3, 0.4) is 0 Å². The van der Waals surface area contributed by atoms with Gasteiger partial charge in [-0.05, 0) is 47.0 Å². The maximum atomic E-state index is 13.4. The molecular weight excluding hydrogens is 466 g/mol. The van der Waals surface area contributed by atoms with Crippen LogP contribution in [0.2, 0.25) is 0 Å². The van der Waals surface area contributed by atoms with Gasteiger partial charge in [-0.2, -0.15) is 0 Å². The van der Waals surface area contributed by atoms with Crippen LogP contribution in [0.15, 0.2) is 96.6 Å². The van der Waals surface area contributed by atoms with Crippen LogP contribution < -0.4 is 4.90 Å². The van der Waals surface area contributed by atoms with Crippen molar-refractivity contribution in [3.05, 3.63) is 119 Å². The summed E-state index contributed by atoms with van der Waals surface area (Å²) in [5.74, 6) is -2.07. The number of aliphatic hydroxyl groups excluding tert-OH is 1. The fourth-order valence-corrected chi connectivity index (χ4v) is 4.76. The van der Waals surface area contributed by atoms with Crippen LogP contribution in [0.5, 0.6) is 0 Å². The molecule has 1 saturated heterocycles. The van der Waals surface area contributed by atoms with Crippen LogP contribution in [0.1, 0.15) is 28.3 Å². The number of anilines is 1. The molecule has 1 aliphatic heterocycles. The number of aliphatic hydroxyl groups is 1. The van der Waals surface area contributed by atoms with Gasteiger partial charge in [0.2, 0.25) is 0 Å². The Balaban J connectivity index is 1.65. The van der Waals surface area contributed by atoms with Gasteiger partial charge in [0.05, 0.1) is 25.1 Å². The van der Waals surface area contributed by atoms with Crippen molar-refractivity contribution in [2.75, 3.05) is 12.0 Å². The maximum absolute atomic E-state index is 13.4. The van der Waals surface area contributed by atoms with Gasteiger partial charge in [-0.25, -0.2) is 0 Å². The van der Waals surface area contributed by atoms with Gasteiger partial charge in [0.1, 0.15) is 5.76 Å². The number of fused-ring (bicyclic) bond motifs is 1. The number of esters is 1.